The molecule has 1 saturated carbocycles. The van der Waals surface area contributed by atoms with Gasteiger partial charge in [0.05, 0.1) is 12.3 Å². The highest BCUT2D eigenvalue weighted by Crippen LogP contribution is 2.26. The molecule has 0 bridgehead atoms. The fraction of sp³-hybridized carbons (Fsp3) is 0.400. The van der Waals surface area contributed by atoms with Gasteiger partial charge >= 0.3 is 0 Å². The highest BCUT2D eigenvalue weighted by Gasteiger charge is 2.23. The first kappa shape index (κ1) is 8.23. The summed E-state index contributed by atoms with van der Waals surface area (Å²) in [5.41, 5.74) is 0.489. The van der Waals surface area contributed by atoms with Gasteiger partial charge in [-0.2, -0.15) is 0 Å². The topological polar surface area (TPSA) is 39.2 Å². The Morgan fingerprint density at radius 2 is 2.31 bits per heavy atom. The Morgan fingerprint density at radius 1 is 1.54 bits per heavy atom. The van der Waals surface area contributed by atoms with Crippen molar-refractivity contribution in [2.24, 2.45) is 0 Å². The van der Waals surface area contributed by atoms with E-state index in [1.807, 2.05) is 0 Å². The van der Waals surface area contributed by atoms with Crippen molar-refractivity contribution in [3.63, 3.8) is 0 Å². The summed E-state index contributed by atoms with van der Waals surface area (Å²) in [5, 5.41) is 0. The number of hydrogen-bond donors (Lipinski definition) is 0. The number of Topliss-reactive ketones (excluding diaryl/α,β-unsaturated/α-hetero) is 1. The number of ether oxygens (including phenoxy) is 1. The quantitative estimate of drug-likeness (QED) is 0.661. The Labute approximate surface area is 76.7 Å². The average Bonchev–Trinajstić information content (AvgIpc) is 2.89. The SMILES string of the molecule is CC(=O)c1ccc(OC2CC2)cn1. The minimum atomic E-state index is -0.0158. The van der Waals surface area contributed by atoms with E-state index >= 15 is 0 Å². The number of aromatic nitrogens is 1. The molecule has 1 aliphatic rings. The van der Waals surface area contributed by atoms with Gasteiger partial charge in [-0.25, -0.2) is 4.98 Å². The molecule has 3 nitrogen and oxygen atoms in total. The smallest absolute Gasteiger partial charge is 0.178 e. The molecular weight excluding hydrogens is 166 g/mol. The Morgan fingerprint density at radius 3 is 2.77 bits per heavy atom. The van der Waals surface area contributed by atoms with E-state index in [4.69, 9.17) is 4.74 Å². The van der Waals surface area contributed by atoms with Gasteiger partial charge in [-0.05, 0) is 25.0 Å². The van der Waals surface area contributed by atoms with Crippen LogP contribution in [0.1, 0.15) is 30.3 Å². The summed E-state index contributed by atoms with van der Waals surface area (Å²) in [6.07, 6.45) is 4.25. The lowest BCUT2D eigenvalue weighted by Crippen LogP contribution is -1.99. The van der Waals surface area contributed by atoms with Crippen molar-refractivity contribution in [2.75, 3.05) is 0 Å². The second-order valence-corrected chi connectivity index (χ2v) is 3.25. The number of pyridine rings is 1. The molecule has 13 heavy (non-hydrogen) atoms. The van der Waals surface area contributed by atoms with E-state index in [-0.39, 0.29) is 5.78 Å². The van der Waals surface area contributed by atoms with Gasteiger partial charge in [-0.1, -0.05) is 0 Å². The van der Waals surface area contributed by atoms with E-state index in [9.17, 15) is 4.79 Å². The molecule has 3 heteroatoms. The first-order chi connectivity index (χ1) is 6.25. The predicted octanol–water partition coefficient (Wildman–Crippen LogP) is 1.83. The lowest BCUT2D eigenvalue weighted by molar-refractivity contribution is 0.101. The van der Waals surface area contributed by atoms with Crippen LogP contribution in [-0.2, 0) is 0 Å². The summed E-state index contributed by atoms with van der Waals surface area (Å²) in [7, 11) is 0. The van der Waals surface area contributed by atoms with Crippen LogP contribution in [0.3, 0.4) is 0 Å². The van der Waals surface area contributed by atoms with Crippen molar-refractivity contribution < 1.29 is 9.53 Å². The molecule has 1 aliphatic carbocycles. The highest BCUT2D eigenvalue weighted by atomic mass is 16.5. The van der Waals surface area contributed by atoms with Crippen molar-refractivity contribution in [1.29, 1.82) is 0 Å². The first-order valence-electron chi connectivity index (χ1n) is 4.39. The molecule has 0 unspecified atom stereocenters. The summed E-state index contributed by atoms with van der Waals surface area (Å²) in [4.78, 5) is 14.9. The zero-order valence-electron chi connectivity index (χ0n) is 7.49. The normalized spacial score (nSPS) is 15.5. The summed E-state index contributed by atoms with van der Waals surface area (Å²) in [6.45, 7) is 1.50. The van der Waals surface area contributed by atoms with Crippen molar-refractivity contribution in [3.05, 3.63) is 24.0 Å². The Kier molecular flexibility index (Phi) is 2.00. The van der Waals surface area contributed by atoms with Crippen molar-refractivity contribution in [3.8, 4) is 5.75 Å². The Hall–Kier alpha value is -1.38. The van der Waals surface area contributed by atoms with E-state index in [0.717, 1.165) is 18.6 Å². The fourth-order valence-corrected chi connectivity index (χ4v) is 1.04. The maximum atomic E-state index is 10.9. The van der Waals surface area contributed by atoms with Gasteiger partial charge in [0.25, 0.3) is 0 Å². The van der Waals surface area contributed by atoms with Crippen LogP contribution in [0, 0.1) is 0 Å². The van der Waals surface area contributed by atoms with E-state index in [2.05, 4.69) is 4.98 Å². The molecule has 0 aliphatic heterocycles. The van der Waals surface area contributed by atoms with Crippen LogP contribution in [0.4, 0.5) is 0 Å². The molecule has 0 N–H and O–H groups in total. The van der Waals surface area contributed by atoms with E-state index in [1.54, 1.807) is 18.3 Å². The van der Waals surface area contributed by atoms with Gasteiger partial charge in [0.1, 0.15) is 11.4 Å². The van der Waals surface area contributed by atoms with Gasteiger partial charge in [0.15, 0.2) is 5.78 Å². The molecule has 1 heterocycles. The second-order valence-electron chi connectivity index (χ2n) is 3.25. The van der Waals surface area contributed by atoms with Crippen LogP contribution in [0.5, 0.6) is 5.75 Å². The highest BCUT2D eigenvalue weighted by molar-refractivity contribution is 5.92. The van der Waals surface area contributed by atoms with Crippen LogP contribution in [0.15, 0.2) is 18.3 Å². The summed E-state index contributed by atoms with van der Waals surface area (Å²) in [5.74, 6) is 0.741. The summed E-state index contributed by atoms with van der Waals surface area (Å²) < 4.78 is 5.49. The average molecular weight is 177 g/mol. The van der Waals surface area contributed by atoms with Gasteiger partial charge < -0.3 is 4.74 Å². The van der Waals surface area contributed by atoms with Gasteiger partial charge in [0.2, 0.25) is 0 Å². The molecule has 0 saturated heterocycles. The van der Waals surface area contributed by atoms with Crippen molar-refractivity contribution >= 4 is 5.78 Å². The molecule has 0 spiro atoms. The molecule has 1 aromatic rings. The number of rotatable bonds is 3. The zero-order chi connectivity index (χ0) is 9.26. The third-order valence-electron chi connectivity index (χ3n) is 1.92. The summed E-state index contributed by atoms with van der Waals surface area (Å²) >= 11 is 0. The van der Waals surface area contributed by atoms with Crippen LogP contribution in [-0.4, -0.2) is 16.9 Å². The first-order valence-corrected chi connectivity index (χ1v) is 4.39. The molecule has 0 aromatic carbocycles. The molecule has 0 amide bonds. The lowest BCUT2D eigenvalue weighted by Gasteiger charge is -2.02. The number of nitrogens with zero attached hydrogens (tertiary/aromatic N) is 1. The van der Waals surface area contributed by atoms with Crippen molar-refractivity contribution in [2.45, 2.75) is 25.9 Å². The minimum Gasteiger partial charge on any atom is -0.489 e. The molecular formula is C10H11NO2. The second kappa shape index (κ2) is 3.17. The van der Waals surface area contributed by atoms with E-state index in [1.165, 1.54) is 6.92 Å². The third-order valence-corrected chi connectivity index (χ3v) is 1.92. The molecule has 68 valence electrons. The maximum absolute atomic E-state index is 10.9. The number of ketones is 1. The maximum Gasteiger partial charge on any atom is 0.178 e. The van der Waals surface area contributed by atoms with Gasteiger partial charge in [-0.15, -0.1) is 0 Å². The number of hydrogen-bond acceptors (Lipinski definition) is 3. The largest absolute Gasteiger partial charge is 0.489 e. The predicted molar refractivity (Wildman–Crippen MR) is 47.9 cm³/mol. The van der Waals surface area contributed by atoms with Crippen LogP contribution in [0.2, 0.25) is 0 Å². The standard InChI is InChI=1S/C10H11NO2/c1-7(12)10-5-4-9(6-11-10)13-8-2-3-8/h4-6,8H,2-3H2,1H3. The number of carbonyl (C=O) groups is 1. The summed E-state index contributed by atoms with van der Waals surface area (Å²) in [6, 6.07) is 3.49. The molecule has 0 radical (unpaired) electrons. The van der Waals surface area contributed by atoms with Crippen molar-refractivity contribution in [1.82, 2.24) is 4.98 Å². The fourth-order valence-electron chi connectivity index (χ4n) is 1.04. The lowest BCUT2D eigenvalue weighted by atomic mass is 10.3. The Balaban J connectivity index is 2.08. The minimum absolute atomic E-state index is 0.0158. The third kappa shape index (κ3) is 2.05. The van der Waals surface area contributed by atoms with Crippen LogP contribution in [0.25, 0.3) is 0 Å². The van der Waals surface area contributed by atoms with E-state index in [0.29, 0.717) is 11.8 Å². The molecule has 1 fully saturated rings. The molecule has 2 rings (SSSR count). The Bertz CT molecular complexity index is 314. The van der Waals surface area contributed by atoms with Crippen LogP contribution < -0.4 is 4.74 Å². The molecule has 1 aromatic heterocycles. The number of carbonyl (C=O) groups excluding carboxylic acids is 1. The monoisotopic (exact) mass is 177 g/mol. The zero-order valence-corrected chi connectivity index (χ0v) is 7.49. The van der Waals surface area contributed by atoms with Crippen LogP contribution >= 0.6 is 0 Å². The van der Waals surface area contributed by atoms with Gasteiger partial charge in [0, 0.05) is 6.92 Å². The van der Waals surface area contributed by atoms with Gasteiger partial charge in [-0.3, -0.25) is 4.79 Å². The van der Waals surface area contributed by atoms with E-state index < -0.39 is 0 Å². The molecule has 0 atom stereocenters.